The molecule has 2 aliphatic rings. The molecular formula is C12H18N2OS. The predicted octanol–water partition coefficient (Wildman–Crippen LogP) is 1.59. The summed E-state index contributed by atoms with van der Waals surface area (Å²) in [5, 5.41) is 12.8. The molecule has 16 heavy (non-hydrogen) atoms. The quantitative estimate of drug-likeness (QED) is 0.868. The van der Waals surface area contributed by atoms with Crippen molar-refractivity contribution in [2.24, 2.45) is 0 Å². The number of likely N-dealkylation sites (N-methyl/N-ethyl adjacent to an activating group) is 1. The second-order valence-electron chi connectivity index (χ2n) is 5.26. The number of likely N-dealkylation sites (tertiary alicyclic amines) is 1. The van der Waals surface area contributed by atoms with E-state index in [4.69, 9.17) is 4.98 Å². The zero-order chi connectivity index (χ0) is 11.2. The molecular weight excluding hydrogens is 220 g/mol. The summed E-state index contributed by atoms with van der Waals surface area (Å²) >= 11 is 1.74. The molecule has 88 valence electrons. The highest BCUT2D eigenvalue weighted by atomic mass is 32.1. The van der Waals surface area contributed by atoms with Crippen LogP contribution < -0.4 is 0 Å². The molecule has 1 aromatic heterocycles. The van der Waals surface area contributed by atoms with Gasteiger partial charge in [0.05, 0.1) is 12.3 Å². The van der Waals surface area contributed by atoms with Crippen LogP contribution in [0.5, 0.6) is 0 Å². The summed E-state index contributed by atoms with van der Waals surface area (Å²) in [5.41, 5.74) is 1.30. The first-order valence-corrected chi connectivity index (χ1v) is 6.87. The lowest BCUT2D eigenvalue weighted by molar-refractivity contribution is 0.254. The van der Waals surface area contributed by atoms with Gasteiger partial charge in [-0.05, 0) is 32.9 Å². The van der Waals surface area contributed by atoms with Crippen molar-refractivity contribution in [1.82, 2.24) is 9.88 Å². The van der Waals surface area contributed by atoms with Crippen molar-refractivity contribution in [3.05, 3.63) is 16.1 Å². The van der Waals surface area contributed by atoms with Crippen LogP contribution in [0.15, 0.2) is 5.38 Å². The van der Waals surface area contributed by atoms with E-state index in [2.05, 4.69) is 17.3 Å². The molecule has 2 fully saturated rings. The number of hydrogen-bond donors (Lipinski definition) is 1. The Morgan fingerprint density at radius 1 is 1.62 bits per heavy atom. The molecule has 1 unspecified atom stereocenters. The van der Waals surface area contributed by atoms with E-state index in [1.807, 2.05) is 0 Å². The minimum atomic E-state index is 0.0490. The van der Waals surface area contributed by atoms with Crippen LogP contribution in [0.1, 0.15) is 35.9 Å². The molecule has 1 atom stereocenters. The summed E-state index contributed by atoms with van der Waals surface area (Å²) in [6, 6.07) is 0. The van der Waals surface area contributed by atoms with Gasteiger partial charge in [0.25, 0.3) is 0 Å². The van der Waals surface area contributed by atoms with Crippen LogP contribution in [0.3, 0.4) is 0 Å². The Balaban J connectivity index is 1.78. The van der Waals surface area contributed by atoms with Gasteiger partial charge in [-0.3, -0.25) is 0 Å². The highest BCUT2D eigenvalue weighted by Gasteiger charge is 2.46. The van der Waals surface area contributed by atoms with Crippen molar-refractivity contribution >= 4 is 11.3 Å². The topological polar surface area (TPSA) is 36.4 Å². The van der Waals surface area contributed by atoms with Gasteiger partial charge in [0.2, 0.25) is 0 Å². The number of hydrogen-bond acceptors (Lipinski definition) is 4. The maximum Gasteiger partial charge on any atom is 0.101 e. The third-order valence-electron chi connectivity index (χ3n) is 3.94. The zero-order valence-corrected chi connectivity index (χ0v) is 10.5. The van der Waals surface area contributed by atoms with Crippen molar-refractivity contribution in [2.45, 2.75) is 30.6 Å². The summed E-state index contributed by atoms with van der Waals surface area (Å²) < 4.78 is 0. The predicted molar refractivity (Wildman–Crippen MR) is 65.0 cm³/mol. The van der Waals surface area contributed by atoms with Crippen molar-refractivity contribution in [2.75, 3.05) is 26.7 Å². The van der Waals surface area contributed by atoms with Crippen LogP contribution in [-0.2, 0) is 5.41 Å². The van der Waals surface area contributed by atoms with Crippen LogP contribution in [0, 0.1) is 0 Å². The highest BCUT2D eigenvalue weighted by Crippen LogP contribution is 2.49. The van der Waals surface area contributed by atoms with Gasteiger partial charge >= 0.3 is 0 Å². The van der Waals surface area contributed by atoms with Crippen LogP contribution in [0.4, 0.5) is 0 Å². The van der Waals surface area contributed by atoms with Gasteiger partial charge in [-0.25, -0.2) is 4.98 Å². The lowest BCUT2D eigenvalue weighted by Crippen LogP contribution is -2.14. The third kappa shape index (κ3) is 1.69. The number of aromatic nitrogens is 1. The summed E-state index contributed by atoms with van der Waals surface area (Å²) in [6.45, 7) is 2.59. The first kappa shape index (κ1) is 10.7. The molecule has 1 aliphatic heterocycles. The van der Waals surface area contributed by atoms with Crippen LogP contribution in [0.25, 0.3) is 0 Å². The second-order valence-corrected chi connectivity index (χ2v) is 6.12. The first-order chi connectivity index (χ1) is 7.73. The molecule has 1 saturated carbocycles. The Hall–Kier alpha value is -0.450. The molecule has 1 saturated heterocycles. The Kier molecular flexibility index (Phi) is 2.53. The normalized spacial score (nSPS) is 28.5. The maximum atomic E-state index is 9.39. The lowest BCUT2D eigenvalue weighted by atomic mass is 10.1. The van der Waals surface area contributed by atoms with Crippen LogP contribution in [-0.4, -0.2) is 41.7 Å². The SMILES string of the molecule is CN1CCC(c2csc(C3(CO)CC3)n2)C1. The van der Waals surface area contributed by atoms with Gasteiger partial charge in [-0.1, -0.05) is 0 Å². The Morgan fingerprint density at radius 3 is 3.00 bits per heavy atom. The molecule has 0 spiro atoms. The van der Waals surface area contributed by atoms with Gasteiger partial charge in [-0.15, -0.1) is 11.3 Å². The number of rotatable bonds is 3. The van der Waals surface area contributed by atoms with Gasteiger partial charge in [-0.2, -0.15) is 0 Å². The molecule has 0 aromatic carbocycles. The van der Waals surface area contributed by atoms with E-state index in [0.717, 1.165) is 19.4 Å². The molecule has 2 heterocycles. The van der Waals surface area contributed by atoms with E-state index in [0.29, 0.717) is 5.92 Å². The van der Waals surface area contributed by atoms with E-state index < -0.39 is 0 Å². The third-order valence-corrected chi connectivity index (χ3v) is 5.05. The van der Waals surface area contributed by atoms with Gasteiger partial charge < -0.3 is 10.0 Å². The summed E-state index contributed by atoms with van der Waals surface area (Å²) in [4.78, 5) is 7.13. The molecule has 4 heteroatoms. The molecule has 3 rings (SSSR count). The number of aliphatic hydroxyl groups excluding tert-OH is 1. The van der Waals surface area contributed by atoms with Crippen molar-refractivity contribution in [3.63, 3.8) is 0 Å². The maximum absolute atomic E-state index is 9.39. The number of nitrogens with zero attached hydrogens (tertiary/aromatic N) is 2. The molecule has 0 amide bonds. The van der Waals surface area contributed by atoms with Crippen LogP contribution in [0.2, 0.25) is 0 Å². The summed E-state index contributed by atoms with van der Waals surface area (Å²) in [5.74, 6) is 0.615. The highest BCUT2D eigenvalue weighted by molar-refractivity contribution is 7.09. The fraction of sp³-hybridized carbons (Fsp3) is 0.750. The monoisotopic (exact) mass is 238 g/mol. The summed E-state index contributed by atoms with van der Waals surface area (Å²) in [6.07, 6.45) is 3.45. The van der Waals surface area contributed by atoms with E-state index in [1.165, 1.54) is 23.7 Å². The molecule has 0 radical (unpaired) electrons. The molecule has 0 bridgehead atoms. The fourth-order valence-corrected chi connectivity index (χ4v) is 3.64. The average molecular weight is 238 g/mol. The Bertz CT molecular complexity index is 386. The summed E-state index contributed by atoms with van der Waals surface area (Å²) in [7, 11) is 2.17. The van der Waals surface area contributed by atoms with Crippen molar-refractivity contribution in [1.29, 1.82) is 0 Å². The smallest absolute Gasteiger partial charge is 0.101 e. The van der Waals surface area contributed by atoms with Crippen LogP contribution >= 0.6 is 11.3 Å². The Labute approximate surface area is 100 Å². The van der Waals surface area contributed by atoms with E-state index in [9.17, 15) is 5.11 Å². The van der Waals surface area contributed by atoms with Gasteiger partial charge in [0.15, 0.2) is 0 Å². The van der Waals surface area contributed by atoms with E-state index in [1.54, 1.807) is 11.3 Å². The molecule has 3 nitrogen and oxygen atoms in total. The minimum Gasteiger partial charge on any atom is -0.395 e. The minimum absolute atomic E-state index is 0.0490. The molecule has 1 aromatic rings. The van der Waals surface area contributed by atoms with Gasteiger partial charge in [0.1, 0.15) is 5.01 Å². The second kappa shape index (κ2) is 3.79. The average Bonchev–Trinajstić information content (AvgIpc) is 2.74. The van der Waals surface area contributed by atoms with E-state index >= 15 is 0 Å². The number of thiazole rings is 1. The largest absolute Gasteiger partial charge is 0.395 e. The Morgan fingerprint density at radius 2 is 2.44 bits per heavy atom. The van der Waals surface area contributed by atoms with Crippen molar-refractivity contribution < 1.29 is 5.11 Å². The van der Waals surface area contributed by atoms with Crippen molar-refractivity contribution in [3.8, 4) is 0 Å². The molecule has 1 N–H and O–H groups in total. The lowest BCUT2D eigenvalue weighted by Gasteiger charge is -2.08. The first-order valence-electron chi connectivity index (χ1n) is 5.99. The van der Waals surface area contributed by atoms with Gasteiger partial charge in [0, 0.05) is 23.3 Å². The number of aliphatic hydroxyl groups is 1. The zero-order valence-electron chi connectivity index (χ0n) is 9.65. The molecule has 1 aliphatic carbocycles. The fourth-order valence-electron chi connectivity index (χ4n) is 2.48. The standard InChI is InChI=1S/C12H18N2OS/c1-14-5-2-9(6-14)10-7-16-11(13-10)12(8-15)3-4-12/h7,9,15H,2-6,8H2,1H3. The van der Waals surface area contributed by atoms with E-state index in [-0.39, 0.29) is 12.0 Å².